The van der Waals surface area contributed by atoms with Crippen molar-refractivity contribution in [1.82, 2.24) is 0 Å². The molecule has 8 nitrogen and oxygen atoms in total. The summed E-state index contributed by atoms with van der Waals surface area (Å²) in [5.74, 6) is 0. The fraction of sp³-hybridized carbons (Fsp3) is 0. The predicted octanol–water partition coefficient (Wildman–Crippen LogP) is -5.68. The van der Waals surface area contributed by atoms with Crippen LogP contribution >= 0.6 is 0 Å². The maximum Gasteiger partial charge on any atom is 2.00 e. The van der Waals surface area contributed by atoms with E-state index in [4.69, 9.17) is 38.4 Å². The number of rotatable bonds is 0. The summed E-state index contributed by atoms with van der Waals surface area (Å²) in [5, 5.41) is 0. The molecule has 0 aromatic carbocycles. The number of hydrogen-bond donors (Lipinski definition) is 8. The second-order valence-electron chi connectivity index (χ2n) is 1.20. The average molecular weight is 319 g/mol. The second kappa shape index (κ2) is 14.0. The van der Waals surface area contributed by atoms with Gasteiger partial charge >= 0.3 is 131 Å². The minimum absolute atomic E-state index is 0. The van der Waals surface area contributed by atoms with Gasteiger partial charge in [0.25, 0.3) is 0 Å². The van der Waals surface area contributed by atoms with Crippen molar-refractivity contribution in [3.05, 3.63) is 0 Å². The summed E-state index contributed by atoms with van der Waals surface area (Å²) < 4.78 is 0. The molecule has 13 heavy (non-hydrogen) atoms. The fourth-order valence-electron chi connectivity index (χ4n) is 0. The Balaban J connectivity index is -0.00000000508. The zero-order valence-electron chi connectivity index (χ0n) is 12.7. The van der Waals surface area contributed by atoms with Crippen LogP contribution in [-0.4, -0.2) is 170 Å². The van der Waals surface area contributed by atoms with Crippen LogP contribution in [-0.2, 0) is 0 Å². The third-order valence-corrected chi connectivity index (χ3v) is 0. The van der Waals surface area contributed by atoms with E-state index in [2.05, 4.69) is 0 Å². The fourth-order valence-corrected chi connectivity index (χ4v) is 0. The first-order valence-electron chi connectivity index (χ1n) is 1.79. The topological polar surface area (TPSA) is 162 Å². The zero-order chi connectivity index (χ0) is 9.00. The van der Waals surface area contributed by atoms with Crippen LogP contribution in [0.1, 0.15) is 8.56 Å². The molecule has 13 heteroatoms. The van der Waals surface area contributed by atoms with Crippen molar-refractivity contribution in [2.45, 2.75) is 0 Å². The van der Waals surface area contributed by atoms with Gasteiger partial charge in [-0.15, -0.1) is 0 Å². The monoisotopic (exact) mass is 318 g/mol. The molecule has 0 radical (unpaired) electrons. The number of hydrogen-bond acceptors (Lipinski definition) is 8. The minimum atomic E-state index is -4.61. The summed E-state index contributed by atoms with van der Waals surface area (Å²) >= 11 is 0. The standard InChI is InChI=1S/3Ca.2H4O4Si.6H/c;;;2*1-5(2,3)4;;;;;;/h;;;2*1-4H;;;;;;/q3*+2;;;6*-1. The van der Waals surface area contributed by atoms with Gasteiger partial charge in [0.2, 0.25) is 0 Å². The molecule has 0 rings (SSSR count). The van der Waals surface area contributed by atoms with E-state index >= 15 is 0 Å². The summed E-state index contributed by atoms with van der Waals surface area (Å²) in [4.78, 5) is 58.6. The summed E-state index contributed by atoms with van der Waals surface area (Å²) in [5.41, 5.74) is 0. The first-order valence-corrected chi connectivity index (χ1v) is 5.37. The smallest absolute Gasteiger partial charge is 1.00 e. The van der Waals surface area contributed by atoms with Crippen LogP contribution < -0.4 is 0 Å². The van der Waals surface area contributed by atoms with Gasteiger partial charge in [-0.05, 0) is 0 Å². The maximum atomic E-state index is 7.33. The van der Waals surface area contributed by atoms with E-state index in [9.17, 15) is 0 Å². The Kier molecular flexibility index (Phi) is 32.4. The molecule has 0 amide bonds. The summed E-state index contributed by atoms with van der Waals surface area (Å²) in [7, 11) is -9.22. The zero-order valence-corrected chi connectivity index (χ0v) is 15.3. The SMILES string of the molecule is O[Si](O)(O)O.O[Si](O)(O)O.[Ca+2].[Ca+2].[Ca+2].[H-].[H-].[H-].[H-].[H-].[H-]. The molecule has 0 fully saturated rings. The Morgan fingerprint density at radius 3 is 0.462 bits per heavy atom. The van der Waals surface area contributed by atoms with Gasteiger partial charge in [0.15, 0.2) is 0 Å². The van der Waals surface area contributed by atoms with Crippen LogP contribution in [0.15, 0.2) is 0 Å². The Labute approximate surface area is 175 Å². The van der Waals surface area contributed by atoms with Crippen LogP contribution in [0.3, 0.4) is 0 Å². The summed E-state index contributed by atoms with van der Waals surface area (Å²) in [6, 6.07) is 0. The normalized spacial score (nSPS) is 9.23. The molecular weight excluding hydrogens is 304 g/mol. The third-order valence-electron chi connectivity index (χ3n) is 0. The molecular formula is H14Ca3O8Si2. The van der Waals surface area contributed by atoms with Crippen molar-refractivity contribution in [2.75, 3.05) is 0 Å². The van der Waals surface area contributed by atoms with Gasteiger partial charge in [0.05, 0.1) is 0 Å². The second-order valence-corrected chi connectivity index (χ2v) is 3.60. The van der Waals surface area contributed by atoms with Crippen molar-refractivity contribution in [1.29, 1.82) is 0 Å². The van der Waals surface area contributed by atoms with E-state index in [-0.39, 0.29) is 122 Å². The van der Waals surface area contributed by atoms with Gasteiger partial charge in [-0.1, -0.05) is 0 Å². The molecule has 76 valence electrons. The maximum absolute atomic E-state index is 7.33. The molecule has 0 saturated carbocycles. The van der Waals surface area contributed by atoms with Crippen molar-refractivity contribution >= 4 is 131 Å². The van der Waals surface area contributed by atoms with E-state index in [1.165, 1.54) is 0 Å². The van der Waals surface area contributed by atoms with Crippen LogP contribution in [0.2, 0.25) is 0 Å². The largest absolute Gasteiger partial charge is 2.00 e. The van der Waals surface area contributed by atoms with Crippen LogP contribution in [0.4, 0.5) is 0 Å². The quantitative estimate of drug-likeness (QED) is 0.205. The van der Waals surface area contributed by atoms with Crippen molar-refractivity contribution in [3.8, 4) is 0 Å². The minimum Gasteiger partial charge on any atom is -1.00 e. The van der Waals surface area contributed by atoms with E-state index in [0.717, 1.165) is 0 Å². The molecule has 0 saturated heterocycles. The van der Waals surface area contributed by atoms with E-state index in [1.54, 1.807) is 0 Å². The van der Waals surface area contributed by atoms with Gasteiger partial charge in [-0.3, -0.25) is 0 Å². The van der Waals surface area contributed by atoms with Gasteiger partial charge in [-0.25, -0.2) is 0 Å². The molecule has 0 aromatic rings. The Morgan fingerprint density at radius 2 is 0.462 bits per heavy atom. The van der Waals surface area contributed by atoms with Gasteiger partial charge < -0.3 is 46.9 Å². The Bertz CT molecular complexity index is 77.5. The van der Waals surface area contributed by atoms with E-state index in [1.807, 2.05) is 0 Å². The molecule has 0 aliphatic rings. The van der Waals surface area contributed by atoms with Crippen LogP contribution in [0, 0.1) is 0 Å². The predicted molar refractivity (Wildman–Crippen MR) is 53.2 cm³/mol. The summed E-state index contributed by atoms with van der Waals surface area (Å²) in [6.07, 6.45) is 0. The molecule has 0 unspecified atom stereocenters. The Morgan fingerprint density at radius 1 is 0.462 bits per heavy atom. The molecule has 8 N–H and O–H groups in total. The van der Waals surface area contributed by atoms with Crippen molar-refractivity contribution in [3.63, 3.8) is 0 Å². The van der Waals surface area contributed by atoms with E-state index in [0.29, 0.717) is 0 Å². The molecule has 0 atom stereocenters. The van der Waals surface area contributed by atoms with Crippen molar-refractivity contribution < 1.29 is 46.9 Å². The van der Waals surface area contributed by atoms with E-state index < -0.39 is 18.1 Å². The average Bonchev–Trinajstić information content (AvgIpc) is 1.12. The molecule has 0 bridgehead atoms. The van der Waals surface area contributed by atoms with Gasteiger partial charge in [0.1, 0.15) is 0 Å². The first-order chi connectivity index (χ1) is 4.00. The summed E-state index contributed by atoms with van der Waals surface area (Å²) in [6.45, 7) is 0. The van der Waals surface area contributed by atoms with Gasteiger partial charge in [0, 0.05) is 0 Å². The molecule has 0 aliphatic carbocycles. The first kappa shape index (κ1) is 30.2. The third kappa shape index (κ3) is 202. The molecule has 0 heterocycles. The van der Waals surface area contributed by atoms with Crippen LogP contribution in [0.25, 0.3) is 0 Å². The molecule has 0 spiro atoms. The molecule has 0 aromatic heterocycles. The van der Waals surface area contributed by atoms with Crippen molar-refractivity contribution in [2.24, 2.45) is 0 Å². The van der Waals surface area contributed by atoms with Crippen LogP contribution in [0.5, 0.6) is 0 Å². The Hall–Kier alpha value is 3.89. The molecule has 0 aliphatic heterocycles. The van der Waals surface area contributed by atoms with Gasteiger partial charge in [-0.2, -0.15) is 0 Å².